The van der Waals surface area contributed by atoms with Gasteiger partial charge in [0, 0.05) is 0 Å². The quantitative estimate of drug-likeness (QED) is 0.299. The summed E-state index contributed by atoms with van der Waals surface area (Å²) in [6.07, 6.45) is 0. The summed E-state index contributed by atoms with van der Waals surface area (Å²) in [5.74, 6) is 0. The van der Waals surface area contributed by atoms with Gasteiger partial charge in [-0.2, -0.15) is 0 Å². The van der Waals surface area contributed by atoms with E-state index in [1.54, 1.807) is 0 Å². The molecule has 0 aromatic heterocycles. The van der Waals surface area contributed by atoms with E-state index in [-0.39, 0.29) is 26.4 Å². The molecular formula is CH2Cl2MoO10P4+4. The minimum absolute atomic E-state index is 0. The summed E-state index contributed by atoms with van der Waals surface area (Å²) in [6.45, 7) is 0. The van der Waals surface area contributed by atoms with E-state index in [1.165, 1.54) is 0 Å². The average Bonchev–Trinajstić information content (AvgIpc) is 1.99. The van der Waals surface area contributed by atoms with Gasteiger partial charge in [-0.15, -0.1) is 23.2 Å². The second-order valence-corrected chi connectivity index (χ2v) is 5.06. The van der Waals surface area contributed by atoms with E-state index in [4.69, 9.17) is 23.2 Å². The molecular weight excluding hydrogens is 463 g/mol. The van der Waals surface area contributed by atoms with Gasteiger partial charge >= 0.3 is 54.1 Å². The topological polar surface area (TPSA) is 179 Å². The standard InChI is InChI=1S/CH2Cl2.Mo.2O5P2/c2-1-3;;2*1-6(2)5-7(3)4/h1H2;;;/q;+4;;. The molecule has 18 heavy (non-hydrogen) atoms. The second-order valence-electron chi connectivity index (χ2n) is 1.16. The molecule has 0 fully saturated rings. The first kappa shape index (κ1) is 27.7. The van der Waals surface area contributed by atoms with Crippen molar-refractivity contribution in [3.05, 3.63) is 0 Å². The van der Waals surface area contributed by atoms with Crippen LogP contribution in [0.25, 0.3) is 0 Å². The van der Waals surface area contributed by atoms with E-state index in [0.29, 0.717) is 0 Å². The molecule has 0 aliphatic rings. The van der Waals surface area contributed by atoms with Gasteiger partial charge in [-0.25, -0.2) is 0 Å². The summed E-state index contributed by atoms with van der Waals surface area (Å²) in [5, 5.41) is 0.194. The number of alkyl halides is 2. The monoisotopic (exact) mass is 466 g/mol. The van der Waals surface area contributed by atoms with Crippen molar-refractivity contribution < 1.29 is 67.5 Å². The van der Waals surface area contributed by atoms with Crippen LogP contribution < -0.4 is 19.6 Å². The third-order valence-corrected chi connectivity index (χ3v) is 2.40. The molecule has 17 heteroatoms. The van der Waals surface area contributed by atoms with E-state index in [0.717, 1.165) is 0 Å². The first-order valence-electron chi connectivity index (χ1n) is 2.73. The molecule has 0 rings (SSSR count). The van der Waals surface area contributed by atoms with Gasteiger partial charge in [0.25, 0.3) is 0 Å². The van der Waals surface area contributed by atoms with Gasteiger partial charge in [-0.05, 0) is 18.3 Å². The number of hydrogen-bond donors (Lipinski definition) is 0. The van der Waals surface area contributed by atoms with Crippen molar-refractivity contribution in [2.45, 2.75) is 0 Å². The molecule has 0 radical (unpaired) electrons. The molecule has 0 spiro atoms. The van der Waals surface area contributed by atoms with Gasteiger partial charge in [0.15, 0.2) is 0 Å². The van der Waals surface area contributed by atoms with Crippen LogP contribution >= 0.6 is 56.2 Å². The Morgan fingerprint density at radius 1 is 0.722 bits per heavy atom. The van der Waals surface area contributed by atoms with E-state index in [1.807, 2.05) is 0 Å². The molecule has 0 aromatic rings. The molecule has 0 aromatic carbocycles. The van der Waals surface area contributed by atoms with Crippen molar-refractivity contribution in [2.24, 2.45) is 0 Å². The Balaban J connectivity index is -0.0000000857. The van der Waals surface area contributed by atoms with Crippen LogP contribution in [-0.4, -0.2) is 5.34 Å². The third-order valence-electron chi connectivity index (χ3n) is 0.267. The number of halogens is 2. The molecule has 4 unspecified atom stereocenters. The first-order chi connectivity index (χ1) is 7.67. The molecule has 102 valence electrons. The zero-order valence-electron chi connectivity index (χ0n) is 7.74. The fourth-order valence-corrected chi connectivity index (χ4v) is 0.980. The average molecular weight is 465 g/mol. The van der Waals surface area contributed by atoms with Crippen LogP contribution in [0, 0.1) is 0 Å². The van der Waals surface area contributed by atoms with Gasteiger partial charge in [0.2, 0.25) is 0 Å². The summed E-state index contributed by atoms with van der Waals surface area (Å²) in [5.41, 5.74) is 0. The van der Waals surface area contributed by atoms with E-state index in [2.05, 4.69) is 8.62 Å². The van der Waals surface area contributed by atoms with E-state index < -0.39 is 33.0 Å². The van der Waals surface area contributed by atoms with Crippen LogP contribution in [0.4, 0.5) is 0 Å². The smallest absolute Gasteiger partial charge is 0.563 e. The minimum Gasteiger partial charge on any atom is -0.563 e. The van der Waals surface area contributed by atoms with Gasteiger partial charge in [-0.1, -0.05) is 0 Å². The number of hydrogen-bond acceptors (Lipinski definition) is 10. The second kappa shape index (κ2) is 20.7. The van der Waals surface area contributed by atoms with E-state index >= 15 is 0 Å². The van der Waals surface area contributed by atoms with Crippen LogP contribution in [-0.2, 0) is 47.9 Å². The third kappa shape index (κ3) is 52.9. The Morgan fingerprint density at radius 3 is 0.833 bits per heavy atom. The van der Waals surface area contributed by atoms with Crippen molar-refractivity contribution >= 4 is 56.2 Å². The van der Waals surface area contributed by atoms with Gasteiger partial charge in [0.05, 0.1) is 5.34 Å². The van der Waals surface area contributed by atoms with Gasteiger partial charge in [-0.3, -0.25) is 0 Å². The molecule has 0 saturated heterocycles. The predicted octanol–water partition coefficient (Wildman–Crippen LogP) is -0.504. The normalized spacial score (nSPS) is 11.4. The Morgan fingerprint density at radius 2 is 0.833 bits per heavy atom. The van der Waals surface area contributed by atoms with Crippen LogP contribution in [0.5, 0.6) is 0 Å². The minimum atomic E-state index is -3.24. The zero-order chi connectivity index (χ0) is 14.4. The number of rotatable bonds is 4. The summed E-state index contributed by atoms with van der Waals surface area (Å²) in [4.78, 5) is 37.0. The zero-order valence-corrected chi connectivity index (χ0v) is 14.8. The fourth-order valence-electron chi connectivity index (χ4n) is 0.109. The van der Waals surface area contributed by atoms with E-state index in [9.17, 15) is 37.8 Å². The van der Waals surface area contributed by atoms with Crippen molar-refractivity contribution in [1.29, 1.82) is 0 Å². The van der Waals surface area contributed by atoms with Crippen molar-refractivity contribution in [1.82, 2.24) is 0 Å². The van der Waals surface area contributed by atoms with Crippen LogP contribution in [0.1, 0.15) is 0 Å². The SMILES string of the molecule is ClCCl.O=[P+]([O-])O[P+](=O)[O-].O=[P+]([O-])O[P+](=O)[O-].[Mo+4]. The molecule has 0 N–H and O–H groups in total. The largest absolute Gasteiger partial charge is 4.00 e. The predicted molar refractivity (Wildman–Crippen MR) is 49.2 cm³/mol. The molecule has 10 nitrogen and oxygen atoms in total. The molecule has 0 amide bonds. The van der Waals surface area contributed by atoms with Crippen molar-refractivity contribution in [3.8, 4) is 0 Å². The maximum atomic E-state index is 9.24. The summed E-state index contributed by atoms with van der Waals surface area (Å²) >= 11 is 9.53. The molecule has 0 aliphatic heterocycles. The van der Waals surface area contributed by atoms with Crippen molar-refractivity contribution in [2.75, 3.05) is 5.34 Å². The van der Waals surface area contributed by atoms with Crippen LogP contribution in [0.15, 0.2) is 0 Å². The molecule has 0 bridgehead atoms. The summed E-state index contributed by atoms with van der Waals surface area (Å²) in [6, 6.07) is 0. The molecule has 0 heterocycles. The Hall–Kier alpha value is 1.43. The Bertz CT molecular complexity index is 223. The molecule has 4 atom stereocenters. The Labute approximate surface area is 129 Å². The summed E-state index contributed by atoms with van der Waals surface area (Å²) < 4.78 is 43.3. The summed E-state index contributed by atoms with van der Waals surface area (Å²) in [7, 11) is -12.9. The maximum Gasteiger partial charge on any atom is 4.00 e. The Kier molecular flexibility index (Phi) is 31.9. The molecule has 0 aliphatic carbocycles. The van der Waals surface area contributed by atoms with Gasteiger partial charge in [0.1, 0.15) is 8.62 Å². The van der Waals surface area contributed by atoms with Crippen LogP contribution in [0.2, 0.25) is 0 Å². The van der Waals surface area contributed by atoms with Crippen molar-refractivity contribution in [3.63, 3.8) is 0 Å². The fraction of sp³-hybridized carbons (Fsp3) is 1.00. The molecule has 0 saturated carbocycles. The first-order valence-corrected chi connectivity index (χ1v) is 8.18. The maximum absolute atomic E-state index is 9.24. The van der Waals surface area contributed by atoms with Gasteiger partial charge < -0.3 is 19.6 Å². The van der Waals surface area contributed by atoms with Crippen LogP contribution in [0.3, 0.4) is 0 Å².